The van der Waals surface area contributed by atoms with Crippen LogP contribution in [0.2, 0.25) is 0 Å². The lowest BCUT2D eigenvalue weighted by atomic mass is 9.91. The minimum Gasteiger partial charge on any atom is -0.316 e. The zero-order valence-electron chi connectivity index (χ0n) is 11.9. The Balaban J connectivity index is 2.66. The van der Waals surface area contributed by atoms with Gasteiger partial charge in [0.25, 0.3) is 0 Å². The highest BCUT2D eigenvalue weighted by atomic mass is 79.9. The smallest absolute Gasteiger partial charge is 0.0210 e. The van der Waals surface area contributed by atoms with E-state index in [9.17, 15) is 0 Å². The summed E-state index contributed by atoms with van der Waals surface area (Å²) >= 11 is 3.69. The molecule has 0 saturated carbocycles. The van der Waals surface area contributed by atoms with Crippen molar-refractivity contribution in [3.05, 3.63) is 34.3 Å². The fourth-order valence-electron chi connectivity index (χ4n) is 2.16. The quantitative estimate of drug-likeness (QED) is 0.668. The molecule has 0 heterocycles. The summed E-state index contributed by atoms with van der Waals surface area (Å²) in [5.41, 5.74) is 1.45. The Kier molecular flexibility index (Phi) is 7.60. The van der Waals surface area contributed by atoms with E-state index in [1.165, 1.54) is 29.3 Å². The van der Waals surface area contributed by atoms with E-state index in [0.717, 1.165) is 19.0 Å². The van der Waals surface area contributed by atoms with E-state index in [4.69, 9.17) is 0 Å². The van der Waals surface area contributed by atoms with Crippen LogP contribution in [0.4, 0.5) is 0 Å². The molecule has 1 atom stereocenters. The average molecular weight is 312 g/mol. The van der Waals surface area contributed by atoms with Gasteiger partial charge in [-0.25, -0.2) is 0 Å². The molecule has 0 spiro atoms. The van der Waals surface area contributed by atoms with Gasteiger partial charge in [-0.15, -0.1) is 0 Å². The number of hydrogen-bond donors (Lipinski definition) is 1. The molecule has 0 aliphatic carbocycles. The second kappa shape index (κ2) is 8.71. The van der Waals surface area contributed by atoms with Crippen molar-refractivity contribution in [1.29, 1.82) is 0 Å². The van der Waals surface area contributed by atoms with E-state index in [2.05, 4.69) is 66.3 Å². The van der Waals surface area contributed by atoms with Gasteiger partial charge < -0.3 is 5.32 Å². The van der Waals surface area contributed by atoms with Crippen molar-refractivity contribution in [1.82, 2.24) is 5.32 Å². The molecule has 1 rings (SSSR count). The van der Waals surface area contributed by atoms with Crippen LogP contribution >= 0.6 is 15.9 Å². The maximum Gasteiger partial charge on any atom is 0.0210 e. The third-order valence-corrected chi connectivity index (χ3v) is 3.98. The van der Waals surface area contributed by atoms with Crippen molar-refractivity contribution < 1.29 is 0 Å². The summed E-state index contributed by atoms with van der Waals surface area (Å²) in [4.78, 5) is 0. The number of benzene rings is 1. The van der Waals surface area contributed by atoms with Crippen molar-refractivity contribution in [2.75, 3.05) is 13.1 Å². The van der Waals surface area contributed by atoms with Crippen LogP contribution in [0.3, 0.4) is 0 Å². The van der Waals surface area contributed by atoms with Crippen LogP contribution in [-0.4, -0.2) is 13.1 Å². The number of nitrogens with one attached hydrogen (secondary N) is 1. The molecular weight excluding hydrogens is 286 g/mol. The van der Waals surface area contributed by atoms with Gasteiger partial charge in [0, 0.05) is 11.0 Å². The molecule has 0 aliphatic rings. The van der Waals surface area contributed by atoms with Crippen molar-refractivity contribution in [3.8, 4) is 0 Å². The highest BCUT2D eigenvalue weighted by Crippen LogP contribution is 2.29. The summed E-state index contributed by atoms with van der Waals surface area (Å²) in [6.07, 6.45) is 3.75. The Morgan fingerprint density at radius 3 is 2.50 bits per heavy atom. The first kappa shape index (κ1) is 15.7. The molecular formula is C16H26BrN. The summed E-state index contributed by atoms with van der Waals surface area (Å²) in [5, 5.41) is 3.56. The molecule has 0 radical (unpaired) electrons. The second-order valence-corrected chi connectivity index (χ2v) is 6.25. The minimum absolute atomic E-state index is 0.620. The second-order valence-electron chi connectivity index (χ2n) is 5.39. The first-order valence-corrected chi connectivity index (χ1v) is 7.89. The number of halogens is 1. The topological polar surface area (TPSA) is 12.0 Å². The predicted molar refractivity (Wildman–Crippen MR) is 84.1 cm³/mol. The molecule has 0 aromatic heterocycles. The van der Waals surface area contributed by atoms with E-state index in [1.54, 1.807) is 0 Å². The molecule has 1 aromatic carbocycles. The van der Waals surface area contributed by atoms with Crippen LogP contribution < -0.4 is 5.32 Å². The van der Waals surface area contributed by atoms with Crippen LogP contribution in [0.15, 0.2) is 28.7 Å². The van der Waals surface area contributed by atoms with E-state index in [0.29, 0.717) is 5.92 Å². The van der Waals surface area contributed by atoms with Gasteiger partial charge in [0.15, 0.2) is 0 Å². The van der Waals surface area contributed by atoms with E-state index in [-0.39, 0.29) is 0 Å². The molecule has 0 amide bonds. The van der Waals surface area contributed by atoms with Crippen LogP contribution in [0, 0.1) is 5.92 Å². The van der Waals surface area contributed by atoms with Crippen molar-refractivity contribution in [2.24, 2.45) is 5.92 Å². The normalized spacial score (nSPS) is 12.9. The molecule has 0 bridgehead atoms. The fourth-order valence-corrected chi connectivity index (χ4v) is 2.77. The molecule has 2 heteroatoms. The molecule has 0 aliphatic heterocycles. The number of hydrogen-bond acceptors (Lipinski definition) is 1. The van der Waals surface area contributed by atoms with Crippen molar-refractivity contribution in [3.63, 3.8) is 0 Å². The number of rotatable bonds is 8. The van der Waals surface area contributed by atoms with Gasteiger partial charge in [0.05, 0.1) is 0 Å². The standard InChI is InChI=1S/C16H26BrN/c1-4-11-18-12-14(10-9-13(2)3)15-7-5-6-8-16(15)17/h5-8,13-14,18H,4,9-12H2,1-3H3. The Morgan fingerprint density at radius 1 is 1.17 bits per heavy atom. The van der Waals surface area contributed by atoms with Crippen molar-refractivity contribution in [2.45, 2.75) is 46.0 Å². The van der Waals surface area contributed by atoms with E-state index >= 15 is 0 Å². The van der Waals surface area contributed by atoms with Gasteiger partial charge >= 0.3 is 0 Å². The minimum atomic E-state index is 0.620. The Labute approximate surface area is 120 Å². The van der Waals surface area contributed by atoms with E-state index < -0.39 is 0 Å². The molecule has 1 aromatic rings. The van der Waals surface area contributed by atoms with Gasteiger partial charge in [0.2, 0.25) is 0 Å². The van der Waals surface area contributed by atoms with E-state index in [1.807, 2.05) is 0 Å². The first-order chi connectivity index (χ1) is 8.65. The summed E-state index contributed by atoms with van der Waals surface area (Å²) in [6.45, 7) is 9.02. The Hall–Kier alpha value is -0.340. The van der Waals surface area contributed by atoms with Crippen LogP contribution in [0.1, 0.15) is 51.5 Å². The molecule has 102 valence electrons. The van der Waals surface area contributed by atoms with Crippen LogP contribution in [0.5, 0.6) is 0 Å². The first-order valence-electron chi connectivity index (χ1n) is 7.10. The fraction of sp³-hybridized carbons (Fsp3) is 0.625. The third kappa shape index (κ3) is 5.53. The third-order valence-electron chi connectivity index (χ3n) is 3.26. The molecule has 1 nitrogen and oxygen atoms in total. The molecule has 1 N–H and O–H groups in total. The van der Waals surface area contributed by atoms with Crippen LogP contribution in [-0.2, 0) is 0 Å². The van der Waals surface area contributed by atoms with Gasteiger partial charge in [-0.05, 0) is 42.9 Å². The van der Waals surface area contributed by atoms with Gasteiger partial charge in [0.1, 0.15) is 0 Å². The highest BCUT2D eigenvalue weighted by Gasteiger charge is 2.14. The van der Waals surface area contributed by atoms with Gasteiger partial charge in [-0.2, -0.15) is 0 Å². The van der Waals surface area contributed by atoms with Crippen LogP contribution in [0.25, 0.3) is 0 Å². The van der Waals surface area contributed by atoms with Crippen molar-refractivity contribution >= 4 is 15.9 Å². The lowest BCUT2D eigenvalue weighted by Gasteiger charge is -2.20. The SMILES string of the molecule is CCCNCC(CCC(C)C)c1ccccc1Br. The zero-order valence-corrected chi connectivity index (χ0v) is 13.5. The summed E-state index contributed by atoms with van der Waals surface area (Å²) < 4.78 is 1.25. The Morgan fingerprint density at radius 2 is 1.89 bits per heavy atom. The summed E-state index contributed by atoms with van der Waals surface area (Å²) in [5.74, 6) is 1.40. The molecule has 0 fully saturated rings. The predicted octanol–water partition coefficient (Wildman–Crippen LogP) is 4.97. The molecule has 18 heavy (non-hydrogen) atoms. The lowest BCUT2D eigenvalue weighted by Crippen LogP contribution is -2.23. The monoisotopic (exact) mass is 311 g/mol. The van der Waals surface area contributed by atoms with Gasteiger partial charge in [-0.1, -0.05) is 61.3 Å². The molecule has 0 saturated heterocycles. The largest absolute Gasteiger partial charge is 0.316 e. The lowest BCUT2D eigenvalue weighted by molar-refractivity contribution is 0.475. The Bertz CT molecular complexity index is 336. The average Bonchev–Trinajstić information content (AvgIpc) is 2.34. The maximum atomic E-state index is 3.69. The maximum absolute atomic E-state index is 3.69. The summed E-state index contributed by atoms with van der Waals surface area (Å²) in [6, 6.07) is 8.63. The van der Waals surface area contributed by atoms with Gasteiger partial charge in [-0.3, -0.25) is 0 Å². The molecule has 1 unspecified atom stereocenters. The zero-order chi connectivity index (χ0) is 13.4. The summed E-state index contributed by atoms with van der Waals surface area (Å²) in [7, 11) is 0. The highest BCUT2D eigenvalue weighted by molar-refractivity contribution is 9.10.